The summed E-state index contributed by atoms with van der Waals surface area (Å²) >= 11 is 0. The summed E-state index contributed by atoms with van der Waals surface area (Å²) in [6.45, 7) is 0. The van der Waals surface area contributed by atoms with E-state index in [-0.39, 0.29) is 23.3 Å². The lowest BCUT2D eigenvalue weighted by Gasteiger charge is -2.29. The number of rotatable bonds is 3. The van der Waals surface area contributed by atoms with Gasteiger partial charge < -0.3 is 10.4 Å². The Kier molecular flexibility index (Phi) is 4.52. The molecule has 0 bridgehead atoms. The van der Waals surface area contributed by atoms with Crippen LogP contribution in [-0.4, -0.2) is 34.8 Å². The molecular formula is C18H20N4O2. The average molecular weight is 324 g/mol. The van der Waals surface area contributed by atoms with Crippen LogP contribution in [0, 0.1) is 17.2 Å². The zero-order valence-electron chi connectivity index (χ0n) is 13.6. The molecule has 2 atom stereocenters. The number of hydrogen-bond donors (Lipinski definition) is 2. The van der Waals surface area contributed by atoms with Gasteiger partial charge in [-0.1, -0.05) is 31.0 Å². The van der Waals surface area contributed by atoms with Gasteiger partial charge in [0.05, 0.1) is 6.04 Å². The highest BCUT2D eigenvalue weighted by Gasteiger charge is 2.40. The fourth-order valence-electron chi connectivity index (χ4n) is 3.47. The normalized spacial score (nSPS) is 23.7. The van der Waals surface area contributed by atoms with Gasteiger partial charge in [0.15, 0.2) is 11.3 Å². The number of nitrogens with one attached hydrogen (secondary N) is 1. The van der Waals surface area contributed by atoms with Crippen LogP contribution in [0.1, 0.15) is 25.7 Å². The second kappa shape index (κ2) is 6.75. The first-order valence-corrected chi connectivity index (χ1v) is 8.13. The molecule has 1 saturated carbocycles. The molecule has 6 heteroatoms. The summed E-state index contributed by atoms with van der Waals surface area (Å²) in [7, 11) is 1.87. The first kappa shape index (κ1) is 16.1. The molecule has 24 heavy (non-hydrogen) atoms. The predicted molar refractivity (Wildman–Crippen MR) is 91.3 cm³/mol. The number of amides is 1. The molecule has 1 fully saturated rings. The Balaban J connectivity index is 1.86. The summed E-state index contributed by atoms with van der Waals surface area (Å²) in [6.07, 6.45) is 4.13. The Hall–Kier alpha value is -2.81. The van der Waals surface area contributed by atoms with Crippen molar-refractivity contribution < 1.29 is 9.90 Å². The lowest BCUT2D eigenvalue weighted by atomic mass is 9.81. The van der Waals surface area contributed by atoms with Gasteiger partial charge in [-0.25, -0.2) is 0 Å². The maximum Gasteiger partial charge on any atom is 0.270 e. The molecule has 124 valence electrons. The number of aliphatic hydroxyl groups is 1. The summed E-state index contributed by atoms with van der Waals surface area (Å²) < 4.78 is 0. The third-order valence-electron chi connectivity index (χ3n) is 4.68. The quantitative estimate of drug-likeness (QED) is 0.508. The number of fused-ring (bicyclic) bond motifs is 1. The van der Waals surface area contributed by atoms with Crippen LogP contribution in [0.15, 0.2) is 46.8 Å². The lowest BCUT2D eigenvalue weighted by molar-refractivity contribution is -0.112. The number of allylic oxidation sites excluding steroid dienone is 1. The van der Waals surface area contributed by atoms with E-state index in [0.29, 0.717) is 11.4 Å². The predicted octanol–water partition coefficient (Wildman–Crippen LogP) is 2.82. The van der Waals surface area contributed by atoms with Gasteiger partial charge in [0.1, 0.15) is 11.8 Å². The number of hydrogen-bond acceptors (Lipinski definition) is 5. The van der Waals surface area contributed by atoms with Crippen molar-refractivity contribution in [3.63, 3.8) is 0 Å². The topological polar surface area (TPSA) is 88.7 Å². The first-order chi connectivity index (χ1) is 11.6. The molecule has 0 aromatic heterocycles. The minimum absolute atomic E-state index is 0.0802. The van der Waals surface area contributed by atoms with Crippen molar-refractivity contribution in [2.75, 3.05) is 12.4 Å². The standard InChI is InChI=1S/C18H20N4O2/c1-22-15-10-6-5-9-13(15)16(21-22)17(23)14(11-19)18(24)20-12-7-3-2-4-8-12/h2-4,7-8,13,15,23H,5-6,9-10H2,1H3,(H,20,24). The largest absolute Gasteiger partial charge is 0.504 e. The van der Waals surface area contributed by atoms with E-state index in [4.69, 9.17) is 0 Å². The molecule has 0 radical (unpaired) electrons. The van der Waals surface area contributed by atoms with E-state index >= 15 is 0 Å². The number of hydrazone groups is 1. The minimum Gasteiger partial charge on any atom is -0.504 e. The highest BCUT2D eigenvalue weighted by atomic mass is 16.3. The summed E-state index contributed by atoms with van der Waals surface area (Å²) in [5, 5.41) is 28.8. The fraction of sp³-hybridized carbons (Fsp3) is 0.389. The zero-order valence-corrected chi connectivity index (χ0v) is 13.6. The molecule has 1 amide bonds. The summed E-state index contributed by atoms with van der Waals surface area (Å²) in [5.41, 5.74) is 0.739. The van der Waals surface area contributed by atoms with Crippen LogP contribution in [0.25, 0.3) is 0 Å². The van der Waals surface area contributed by atoms with Gasteiger partial charge in [-0.15, -0.1) is 0 Å². The Bertz CT molecular complexity index is 733. The Morgan fingerprint density at radius 3 is 2.75 bits per heavy atom. The van der Waals surface area contributed by atoms with Crippen molar-refractivity contribution in [1.82, 2.24) is 5.01 Å². The van der Waals surface area contributed by atoms with Crippen LogP contribution in [0.3, 0.4) is 0 Å². The third kappa shape index (κ3) is 2.98. The molecule has 1 aromatic carbocycles. The zero-order chi connectivity index (χ0) is 17.1. The summed E-state index contributed by atoms with van der Waals surface area (Å²) in [4.78, 5) is 12.4. The number of nitrogens with zero attached hydrogens (tertiary/aromatic N) is 3. The molecule has 0 saturated heterocycles. The molecule has 1 aliphatic carbocycles. The molecule has 2 unspecified atom stereocenters. The molecule has 2 N–H and O–H groups in total. The number of nitriles is 1. The van der Waals surface area contributed by atoms with Crippen LogP contribution in [0.5, 0.6) is 0 Å². The van der Waals surface area contributed by atoms with E-state index in [2.05, 4.69) is 10.4 Å². The van der Waals surface area contributed by atoms with Crippen LogP contribution in [0.4, 0.5) is 5.69 Å². The van der Waals surface area contributed by atoms with Gasteiger partial charge in [-0.2, -0.15) is 10.4 Å². The molecule has 6 nitrogen and oxygen atoms in total. The van der Waals surface area contributed by atoms with Crippen LogP contribution in [0.2, 0.25) is 0 Å². The van der Waals surface area contributed by atoms with E-state index < -0.39 is 5.91 Å². The second-order valence-corrected chi connectivity index (χ2v) is 6.17. The summed E-state index contributed by atoms with van der Waals surface area (Å²) in [6, 6.07) is 10.9. The van der Waals surface area contributed by atoms with Crippen molar-refractivity contribution in [2.24, 2.45) is 11.0 Å². The van der Waals surface area contributed by atoms with E-state index in [9.17, 15) is 15.2 Å². The number of anilines is 1. The van der Waals surface area contributed by atoms with Crippen LogP contribution in [-0.2, 0) is 4.79 Å². The number of benzene rings is 1. The molecule has 1 aliphatic heterocycles. The van der Waals surface area contributed by atoms with Gasteiger partial charge in [-0.3, -0.25) is 9.80 Å². The molecule has 1 heterocycles. The van der Waals surface area contributed by atoms with E-state index in [1.54, 1.807) is 24.3 Å². The van der Waals surface area contributed by atoms with Gasteiger partial charge in [0, 0.05) is 18.7 Å². The van der Waals surface area contributed by atoms with Crippen molar-refractivity contribution in [2.45, 2.75) is 31.7 Å². The van der Waals surface area contributed by atoms with E-state index in [1.165, 1.54) is 0 Å². The highest BCUT2D eigenvalue weighted by Crippen LogP contribution is 2.35. The maximum absolute atomic E-state index is 12.4. The molecule has 0 spiro atoms. The number of aliphatic hydroxyl groups excluding tert-OH is 1. The Morgan fingerprint density at radius 1 is 1.33 bits per heavy atom. The van der Waals surface area contributed by atoms with Crippen molar-refractivity contribution >= 4 is 17.3 Å². The highest BCUT2D eigenvalue weighted by molar-refractivity contribution is 6.14. The van der Waals surface area contributed by atoms with Gasteiger partial charge in [0.2, 0.25) is 0 Å². The molecule has 2 aliphatic rings. The molecule has 3 rings (SSSR count). The van der Waals surface area contributed by atoms with Crippen LogP contribution >= 0.6 is 0 Å². The Morgan fingerprint density at radius 2 is 2.04 bits per heavy atom. The second-order valence-electron chi connectivity index (χ2n) is 6.17. The number of para-hydroxylation sites is 1. The first-order valence-electron chi connectivity index (χ1n) is 8.13. The van der Waals surface area contributed by atoms with E-state index in [1.807, 2.05) is 24.2 Å². The number of carbonyl (C=O) groups is 1. The summed E-state index contributed by atoms with van der Waals surface area (Å²) in [5.74, 6) is -0.838. The fourth-order valence-corrected chi connectivity index (χ4v) is 3.47. The molecule has 1 aromatic rings. The Labute approximate surface area is 141 Å². The smallest absolute Gasteiger partial charge is 0.270 e. The molecular weight excluding hydrogens is 304 g/mol. The van der Waals surface area contributed by atoms with Gasteiger partial charge >= 0.3 is 0 Å². The van der Waals surface area contributed by atoms with Crippen LogP contribution < -0.4 is 5.32 Å². The minimum atomic E-state index is -0.620. The third-order valence-corrected chi connectivity index (χ3v) is 4.68. The lowest BCUT2D eigenvalue weighted by Crippen LogP contribution is -2.34. The van der Waals surface area contributed by atoms with Gasteiger partial charge in [-0.05, 0) is 25.0 Å². The SMILES string of the molecule is CN1N=C(C(O)=C(C#N)C(=O)Nc2ccccc2)C2CCCCC21. The number of carbonyl (C=O) groups excluding carboxylic acids is 1. The maximum atomic E-state index is 12.4. The average Bonchev–Trinajstić information content (AvgIpc) is 2.94. The van der Waals surface area contributed by atoms with Crippen molar-refractivity contribution in [3.8, 4) is 6.07 Å². The van der Waals surface area contributed by atoms with Gasteiger partial charge in [0.25, 0.3) is 5.91 Å². The van der Waals surface area contributed by atoms with Crippen molar-refractivity contribution in [3.05, 3.63) is 41.7 Å². The van der Waals surface area contributed by atoms with E-state index in [0.717, 1.165) is 25.7 Å². The monoisotopic (exact) mass is 324 g/mol. The van der Waals surface area contributed by atoms with Crippen molar-refractivity contribution in [1.29, 1.82) is 5.26 Å².